The van der Waals surface area contributed by atoms with Crippen molar-refractivity contribution in [3.8, 4) is 11.3 Å². The maximum Gasteiger partial charge on any atom is 0.256 e. The number of pyridine rings is 1. The van der Waals surface area contributed by atoms with Crippen LogP contribution in [-0.2, 0) is 11.3 Å². The summed E-state index contributed by atoms with van der Waals surface area (Å²) in [7, 11) is 1.80. The van der Waals surface area contributed by atoms with E-state index in [-0.39, 0.29) is 17.5 Å². The summed E-state index contributed by atoms with van der Waals surface area (Å²) in [6.45, 7) is 4.32. The van der Waals surface area contributed by atoms with Gasteiger partial charge in [-0.2, -0.15) is 9.97 Å². The highest BCUT2D eigenvalue weighted by Crippen LogP contribution is 2.38. The molecule has 2 fully saturated rings. The number of aromatic amines is 1. The minimum atomic E-state index is -2.50. The number of rotatable bonds is 7. The number of hydrogen-bond acceptors (Lipinski definition) is 7. The number of H-pyrrole nitrogens is 1. The molecule has 6 rings (SSSR count). The number of fused-ring (bicyclic) bond motifs is 2. The number of carbonyl (C=O) groups is 1. The third-order valence-electron chi connectivity index (χ3n) is 8.27. The summed E-state index contributed by atoms with van der Waals surface area (Å²) < 4.78 is 27.8. The minimum Gasteiger partial charge on any atom is -0.372 e. The van der Waals surface area contributed by atoms with Gasteiger partial charge in [0.1, 0.15) is 22.8 Å². The van der Waals surface area contributed by atoms with E-state index in [2.05, 4.69) is 32.4 Å². The molecule has 0 bridgehead atoms. The molecule has 3 N–H and O–H groups in total. The van der Waals surface area contributed by atoms with Crippen molar-refractivity contribution < 1.29 is 13.6 Å². The van der Waals surface area contributed by atoms with Gasteiger partial charge >= 0.3 is 0 Å². The first-order chi connectivity index (χ1) is 18.8. The van der Waals surface area contributed by atoms with E-state index in [9.17, 15) is 13.6 Å². The number of carbonyl (C=O) groups excluding carboxylic acids is 1. The van der Waals surface area contributed by atoms with Gasteiger partial charge in [-0.05, 0) is 58.1 Å². The highest BCUT2D eigenvalue weighted by atomic mass is 19.3. The fourth-order valence-corrected chi connectivity index (χ4v) is 6.16. The van der Waals surface area contributed by atoms with E-state index in [1.54, 1.807) is 20.0 Å². The Balaban J connectivity index is 1.26. The van der Waals surface area contributed by atoms with Crippen LogP contribution in [-0.4, -0.2) is 71.9 Å². The van der Waals surface area contributed by atoms with E-state index in [4.69, 9.17) is 15.0 Å². The van der Waals surface area contributed by atoms with Crippen molar-refractivity contribution in [2.45, 2.75) is 76.9 Å². The van der Waals surface area contributed by atoms with Gasteiger partial charge in [0, 0.05) is 43.4 Å². The Kier molecular flexibility index (Phi) is 6.35. The summed E-state index contributed by atoms with van der Waals surface area (Å²) >= 11 is 0. The first kappa shape index (κ1) is 25.4. The van der Waals surface area contributed by atoms with Crippen molar-refractivity contribution >= 4 is 39.9 Å². The van der Waals surface area contributed by atoms with Crippen LogP contribution in [0.5, 0.6) is 0 Å². The fourth-order valence-electron chi connectivity index (χ4n) is 6.16. The summed E-state index contributed by atoms with van der Waals surface area (Å²) in [5.41, 5.74) is 2.96. The monoisotopic (exact) mass is 537 g/mol. The maximum absolute atomic E-state index is 13.2. The Labute approximate surface area is 224 Å². The number of halogens is 2. The van der Waals surface area contributed by atoms with Crippen LogP contribution in [0.1, 0.15) is 51.3 Å². The molecular formula is C27H33F2N9O. The predicted molar refractivity (Wildman–Crippen MR) is 146 cm³/mol. The van der Waals surface area contributed by atoms with Crippen molar-refractivity contribution in [3.63, 3.8) is 0 Å². The number of imidazole rings is 1. The maximum atomic E-state index is 13.2. The summed E-state index contributed by atoms with van der Waals surface area (Å²) in [4.78, 5) is 36.2. The zero-order valence-corrected chi connectivity index (χ0v) is 22.4. The van der Waals surface area contributed by atoms with Crippen LogP contribution in [0.15, 0.2) is 18.3 Å². The second-order valence-corrected chi connectivity index (χ2v) is 10.8. The van der Waals surface area contributed by atoms with E-state index < -0.39 is 13.0 Å². The zero-order valence-electron chi connectivity index (χ0n) is 22.4. The zero-order chi connectivity index (χ0) is 27.3. The van der Waals surface area contributed by atoms with E-state index in [1.807, 2.05) is 12.3 Å². The molecule has 1 saturated carbocycles. The lowest BCUT2D eigenvalue weighted by atomic mass is 9.79. The first-order valence-electron chi connectivity index (χ1n) is 13.5. The van der Waals surface area contributed by atoms with Crippen LogP contribution >= 0.6 is 0 Å². The van der Waals surface area contributed by atoms with Crippen LogP contribution in [0, 0.1) is 6.92 Å². The summed E-state index contributed by atoms with van der Waals surface area (Å²) in [6, 6.07) is 3.85. The number of aromatic nitrogens is 6. The molecule has 206 valence electrons. The standard InChI is InChI=1S/C27H33F2N9O/c1-15-32-19-7-6-18(34-25(19)37(15)14-20(28)29)17-13-31-24-22(17)23(30-3)35-26(36-24)33-16-8-10-27(2,11-9-16)38-12-4-5-21(38)39/h6-7,13,16,20H,4-5,8-12,14H2,1-3H3,(H3,30,31,33,35,36)/t16-,27-. The van der Waals surface area contributed by atoms with Gasteiger partial charge in [-0.1, -0.05) is 0 Å². The molecule has 1 amide bonds. The van der Waals surface area contributed by atoms with Gasteiger partial charge in [-0.3, -0.25) is 4.79 Å². The smallest absolute Gasteiger partial charge is 0.256 e. The number of likely N-dealkylation sites (tertiary alicyclic amines) is 1. The number of nitrogens with zero attached hydrogens (tertiary/aromatic N) is 6. The summed E-state index contributed by atoms with van der Waals surface area (Å²) in [5, 5.41) is 7.46. The van der Waals surface area contributed by atoms with E-state index >= 15 is 0 Å². The number of hydrogen-bond donors (Lipinski definition) is 3. The van der Waals surface area contributed by atoms with E-state index in [0.29, 0.717) is 46.5 Å². The van der Waals surface area contributed by atoms with Crippen LogP contribution in [0.4, 0.5) is 20.5 Å². The second kappa shape index (κ2) is 9.73. The molecule has 1 aliphatic heterocycles. The molecule has 4 aromatic rings. The SMILES string of the molecule is CNc1nc(N[C@H]2CC[C@](C)(N3CCCC3=O)CC2)nc2[nH]cc(-c3ccc4nc(C)n(CC(F)F)c4n3)c12. The Morgan fingerprint density at radius 2 is 1.97 bits per heavy atom. The molecule has 2 aliphatic rings. The van der Waals surface area contributed by atoms with Crippen molar-refractivity contribution in [1.29, 1.82) is 0 Å². The van der Waals surface area contributed by atoms with Gasteiger partial charge in [0.15, 0.2) is 5.65 Å². The third-order valence-corrected chi connectivity index (χ3v) is 8.27. The molecule has 0 unspecified atom stereocenters. The number of aryl methyl sites for hydroxylation is 1. The minimum absolute atomic E-state index is 0.0710. The van der Waals surface area contributed by atoms with Crippen LogP contribution < -0.4 is 10.6 Å². The lowest BCUT2D eigenvalue weighted by molar-refractivity contribution is -0.133. The molecule has 1 aliphatic carbocycles. The number of nitrogens with one attached hydrogen (secondary N) is 3. The topological polar surface area (TPSA) is 117 Å². The highest BCUT2D eigenvalue weighted by molar-refractivity contribution is 6.01. The van der Waals surface area contributed by atoms with Gasteiger partial charge in [-0.25, -0.2) is 18.7 Å². The van der Waals surface area contributed by atoms with Gasteiger partial charge < -0.3 is 25.1 Å². The number of amides is 1. The molecule has 0 radical (unpaired) electrons. The lowest BCUT2D eigenvalue weighted by Crippen LogP contribution is -2.50. The average molecular weight is 538 g/mol. The molecule has 39 heavy (non-hydrogen) atoms. The molecule has 0 spiro atoms. The Bertz CT molecular complexity index is 1540. The predicted octanol–water partition coefficient (Wildman–Crippen LogP) is 4.72. The summed E-state index contributed by atoms with van der Waals surface area (Å²) in [6.07, 6.45) is 4.69. The molecule has 1 saturated heterocycles. The van der Waals surface area contributed by atoms with Gasteiger partial charge in [0.25, 0.3) is 6.43 Å². The van der Waals surface area contributed by atoms with Gasteiger partial charge in [0.2, 0.25) is 11.9 Å². The molecule has 10 nitrogen and oxygen atoms in total. The first-order valence-corrected chi connectivity index (χ1v) is 13.5. The Morgan fingerprint density at radius 1 is 1.18 bits per heavy atom. The lowest BCUT2D eigenvalue weighted by Gasteiger charge is -2.44. The summed E-state index contributed by atoms with van der Waals surface area (Å²) in [5.74, 6) is 1.95. The van der Waals surface area contributed by atoms with Crippen LogP contribution in [0.25, 0.3) is 33.5 Å². The van der Waals surface area contributed by atoms with E-state index in [1.165, 1.54) is 4.57 Å². The number of anilines is 2. The van der Waals surface area contributed by atoms with Gasteiger partial charge in [-0.15, -0.1) is 0 Å². The molecule has 0 aromatic carbocycles. The van der Waals surface area contributed by atoms with Crippen molar-refractivity contribution in [3.05, 3.63) is 24.2 Å². The molecule has 5 heterocycles. The average Bonchev–Trinajstić information content (AvgIpc) is 3.62. The van der Waals surface area contributed by atoms with Crippen molar-refractivity contribution in [1.82, 2.24) is 34.4 Å². The molecule has 0 atom stereocenters. The Hall–Kier alpha value is -3.83. The van der Waals surface area contributed by atoms with Crippen LogP contribution in [0.2, 0.25) is 0 Å². The molecule has 4 aromatic heterocycles. The van der Waals surface area contributed by atoms with E-state index in [0.717, 1.165) is 49.6 Å². The quantitative estimate of drug-likeness (QED) is 0.312. The number of alkyl halides is 2. The van der Waals surface area contributed by atoms with Crippen molar-refractivity contribution in [2.24, 2.45) is 0 Å². The normalized spacial score (nSPS) is 21.9. The fraction of sp³-hybridized carbons (Fsp3) is 0.519. The highest BCUT2D eigenvalue weighted by Gasteiger charge is 2.40. The largest absolute Gasteiger partial charge is 0.372 e. The second-order valence-electron chi connectivity index (χ2n) is 10.8. The Morgan fingerprint density at radius 3 is 2.67 bits per heavy atom. The van der Waals surface area contributed by atoms with Crippen LogP contribution in [0.3, 0.4) is 0 Å². The third kappa shape index (κ3) is 4.55. The molecular weight excluding hydrogens is 504 g/mol. The molecule has 12 heteroatoms. The van der Waals surface area contributed by atoms with Crippen molar-refractivity contribution in [2.75, 3.05) is 24.2 Å². The van der Waals surface area contributed by atoms with Gasteiger partial charge in [0.05, 0.1) is 17.6 Å².